The molecule has 0 N–H and O–H groups in total. The molecule has 0 saturated heterocycles. The minimum atomic E-state index is -3.58. The summed E-state index contributed by atoms with van der Waals surface area (Å²) in [5.74, 6) is -0.331. The number of hydrogen-bond acceptors (Lipinski definition) is 3. The minimum absolute atomic E-state index is 0.0798. The minimum Gasteiger partial charge on any atom is -0.337 e. The van der Waals surface area contributed by atoms with E-state index in [1.165, 1.54) is 0 Å². The monoisotopic (exact) mass is 259 g/mol. The number of carbonyl (C=O) groups excluding carboxylic acids is 1. The maximum absolute atomic E-state index is 11.7. The molecule has 16 heavy (non-hydrogen) atoms. The molecule has 1 aromatic carbocycles. The number of nitrogens with zero attached hydrogens (tertiary/aromatic N) is 1. The van der Waals surface area contributed by atoms with Crippen molar-refractivity contribution in [1.29, 1.82) is 0 Å². The zero-order chi connectivity index (χ0) is 11.9. The molecule has 2 rings (SSSR count). The van der Waals surface area contributed by atoms with E-state index < -0.39 is 9.05 Å². The summed E-state index contributed by atoms with van der Waals surface area (Å²) in [7, 11) is 3.29. The molecule has 4 nitrogen and oxygen atoms in total. The number of halogens is 1. The third kappa shape index (κ3) is 2.20. The van der Waals surface area contributed by atoms with Gasteiger partial charge >= 0.3 is 0 Å². The molecule has 0 bridgehead atoms. The lowest BCUT2D eigenvalue weighted by atomic mass is 10.1. The fourth-order valence-corrected chi connectivity index (χ4v) is 2.74. The number of carbonyl (C=O) groups is 1. The Bertz CT molecular complexity index is 553. The van der Waals surface area contributed by atoms with Gasteiger partial charge < -0.3 is 4.90 Å². The van der Waals surface area contributed by atoms with Crippen LogP contribution in [-0.2, 0) is 21.3 Å². The van der Waals surface area contributed by atoms with E-state index in [9.17, 15) is 13.2 Å². The summed E-state index contributed by atoms with van der Waals surface area (Å²) in [4.78, 5) is 13.2. The molecule has 0 spiro atoms. The molecule has 0 aliphatic carbocycles. The predicted molar refractivity (Wildman–Crippen MR) is 60.7 cm³/mol. The van der Waals surface area contributed by atoms with Gasteiger partial charge in [-0.05, 0) is 17.2 Å². The standard InChI is InChI=1S/C10H10ClNO3S/c1-12-5-8-3-2-7(6-16(11,14)15)4-9(8)10(12)13/h2-4H,5-6H2,1H3. The first kappa shape index (κ1) is 11.4. The average Bonchev–Trinajstić information content (AvgIpc) is 2.42. The molecule has 0 unspecified atom stereocenters. The Morgan fingerprint density at radius 3 is 2.75 bits per heavy atom. The Labute approximate surface area is 98.2 Å². The second-order valence-corrected chi connectivity index (χ2v) is 6.61. The Kier molecular flexibility index (Phi) is 2.67. The number of hydrogen-bond donors (Lipinski definition) is 0. The molecule has 86 valence electrons. The molecular formula is C10H10ClNO3S. The van der Waals surface area contributed by atoms with Gasteiger partial charge in [-0.15, -0.1) is 0 Å². The molecule has 1 aromatic rings. The zero-order valence-electron chi connectivity index (χ0n) is 8.60. The molecule has 0 fully saturated rings. The molecule has 0 radical (unpaired) electrons. The summed E-state index contributed by atoms with van der Waals surface area (Å²) < 4.78 is 21.8. The van der Waals surface area contributed by atoms with Crippen molar-refractivity contribution in [2.24, 2.45) is 0 Å². The van der Waals surface area contributed by atoms with Gasteiger partial charge in [-0.25, -0.2) is 8.42 Å². The van der Waals surface area contributed by atoms with Crippen molar-refractivity contribution in [3.8, 4) is 0 Å². The topological polar surface area (TPSA) is 54.5 Å². The first-order chi connectivity index (χ1) is 7.37. The molecule has 0 atom stereocenters. The summed E-state index contributed by atoms with van der Waals surface area (Å²) in [6.45, 7) is 0.571. The summed E-state index contributed by atoms with van der Waals surface area (Å²) in [6.07, 6.45) is 0. The van der Waals surface area contributed by atoms with E-state index in [2.05, 4.69) is 0 Å². The van der Waals surface area contributed by atoms with Gasteiger partial charge in [0, 0.05) is 29.8 Å². The van der Waals surface area contributed by atoms with E-state index >= 15 is 0 Å². The van der Waals surface area contributed by atoms with Crippen LogP contribution in [0.5, 0.6) is 0 Å². The summed E-state index contributed by atoms with van der Waals surface area (Å²) in [6, 6.07) is 5.06. The molecule has 1 heterocycles. The van der Waals surface area contributed by atoms with Crippen LogP contribution in [0.15, 0.2) is 18.2 Å². The lowest BCUT2D eigenvalue weighted by Gasteiger charge is -2.04. The van der Waals surface area contributed by atoms with Gasteiger partial charge in [0.15, 0.2) is 0 Å². The molecule has 1 aliphatic heterocycles. The summed E-state index contributed by atoms with van der Waals surface area (Å²) in [5, 5.41) is 0. The highest BCUT2D eigenvalue weighted by Gasteiger charge is 2.24. The fraction of sp³-hybridized carbons (Fsp3) is 0.300. The maximum Gasteiger partial charge on any atom is 0.254 e. The molecule has 6 heteroatoms. The third-order valence-corrected chi connectivity index (χ3v) is 3.50. The van der Waals surface area contributed by atoms with Crippen LogP contribution in [0.4, 0.5) is 0 Å². The van der Waals surface area contributed by atoms with E-state index in [1.807, 2.05) is 0 Å². The van der Waals surface area contributed by atoms with Crippen LogP contribution in [0.25, 0.3) is 0 Å². The van der Waals surface area contributed by atoms with Gasteiger partial charge in [0.25, 0.3) is 5.91 Å². The second-order valence-electron chi connectivity index (χ2n) is 3.84. The van der Waals surface area contributed by atoms with Crippen LogP contribution in [0.1, 0.15) is 21.5 Å². The highest BCUT2D eigenvalue weighted by Crippen LogP contribution is 2.23. The first-order valence-electron chi connectivity index (χ1n) is 4.66. The van der Waals surface area contributed by atoms with Crippen molar-refractivity contribution in [2.75, 3.05) is 7.05 Å². The largest absolute Gasteiger partial charge is 0.337 e. The smallest absolute Gasteiger partial charge is 0.254 e. The van der Waals surface area contributed by atoms with E-state index in [0.717, 1.165) is 5.56 Å². The Morgan fingerprint density at radius 1 is 1.44 bits per heavy atom. The maximum atomic E-state index is 11.7. The third-order valence-electron chi connectivity index (χ3n) is 2.50. The van der Waals surface area contributed by atoms with Crippen LogP contribution in [0, 0.1) is 0 Å². The lowest BCUT2D eigenvalue weighted by Crippen LogP contribution is -2.17. The average molecular weight is 260 g/mol. The zero-order valence-corrected chi connectivity index (χ0v) is 10.2. The van der Waals surface area contributed by atoms with Crippen LogP contribution >= 0.6 is 10.7 Å². The SMILES string of the molecule is CN1Cc2ccc(CS(=O)(=O)Cl)cc2C1=O. The van der Waals surface area contributed by atoms with Crippen LogP contribution < -0.4 is 0 Å². The molecule has 0 saturated carbocycles. The van der Waals surface area contributed by atoms with Crippen molar-refractivity contribution in [3.05, 3.63) is 34.9 Å². The van der Waals surface area contributed by atoms with Gasteiger partial charge in [0.1, 0.15) is 0 Å². The molecule has 1 aliphatic rings. The Morgan fingerprint density at radius 2 is 2.12 bits per heavy atom. The number of rotatable bonds is 2. The van der Waals surface area contributed by atoms with E-state index in [4.69, 9.17) is 10.7 Å². The summed E-state index contributed by atoms with van der Waals surface area (Å²) in [5.41, 5.74) is 2.03. The normalized spacial score (nSPS) is 15.4. The molecule has 1 amide bonds. The van der Waals surface area contributed by atoms with Crippen molar-refractivity contribution in [1.82, 2.24) is 4.90 Å². The predicted octanol–water partition coefficient (Wildman–Crippen LogP) is 1.34. The van der Waals surface area contributed by atoms with Gasteiger partial charge in [-0.3, -0.25) is 4.79 Å². The van der Waals surface area contributed by atoms with Crippen molar-refractivity contribution >= 4 is 25.6 Å². The number of fused-ring (bicyclic) bond motifs is 1. The van der Waals surface area contributed by atoms with Crippen molar-refractivity contribution < 1.29 is 13.2 Å². The summed E-state index contributed by atoms with van der Waals surface area (Å²) >= 11 is 0. The van der Waals surface area contributed by atoms with E-state index in [-0.39, 0.29) is 11.7 Å². The Hall–Kier alpha value is -1.07. The fourth-order valence-electron chi connectivity index (χ4n) is 1.78. The first-order valence-corrected chi connectivity index (χ1v) is 7.14. The van der Waals surface area contributed by atoms with Crippen molar-refractivity contribution in [2.45, 2.75) is 12.3 Å². The Balaban J connectivity index is 2.38. The highest BCUT2D eigenvalue weighted by atomic mass is 35.7. The van der Waals surface area contributed by atoms with Crippen LogP contribution in [0.3, 0.4) is 0 Å². The van der Waals surface area contributed by atoms with Gasteiger partial charge in [-0.1, -0.05) is 12.1 Å². The molecular weight excluding hydrogens is 250 g/mol. The number of benzene rings is 1. The highest BCUT2D eigenvalue weighted by molar-refractivity contribution is 8.13. The van der Waals surface area contributed by atoms with Crippen LogP contribution in [0.2, 0.25) is 0 Å². The van der Waals surface area contributed by atoms with Gasteiger partial charge in [-0.2, -0.15) is 0 Å². The van der Waals surface area contributed by atoms with E-state index in [0.29, 0.717) is 17.7 Å². The van der Waals surface area contributed by atoms with Crippen molar-refractivity contribution in [3.63, 3.8) is 0 Å². The lowest BCUT2D eigenvalue weighted by molar-refractivity contribution is 0.0816. The second kappa shape index (κ2) is 3.75. The van der Waals surface area contributed by atoms with E-state index in [1.54, 1.807) is 30.1 Å². The number of amides is 1. The molecule has 0 aromatic heterocycles. The van der Waals surface area contributed by atoms with Crippen LogP contribution in [-0.4, -0.2) is 26.3 Å². The quantitative estimate of drug-likeness (QED) is 0.753. The van der Waals surface area contributed by atoms with Gasteiger partial charge in [0.05, 0.1) is 5.75 Å². The van der Waals surface area contributed by atoms with Gasteiger partial charge in [0.2, 0.25) is 9.05 Å².